The van der Waals surface area contributed by atoms with Gasteiger partial charge < -0.3 is 24.4 Å². The molecule has 7 heteroatoms. The zero-order chi connectivity index (χ0) is 17.4. The van der Waals surface area contributed by atoms with Crippen LogP contribution in [0.15, 0.2) is 24.3 Å². The number of hydrogen-bond donors (Lipinski definition) is 1. The molecule has 1 aromatic rings. The van der Waals surface area contributed by atoms with Crippen molar-refractivity contribution in [1.82, 2.24) is 10.2 Å². The predicted molar refractivity (Wildman–Crippen MR) is 88.2 cm³/mol. The van der Waals surface area contributed by atoms with Crippen molar-refractivity contribution < 1.29 is 23.8 Å². The van der Waals surface area contributed by atoms with E-state index < -0.39 is 0 Å². The fourth-order valence-electron chi connectivity index (χ4n) is 2.57. The van der Waals surface area contributed by atoms with Crippen LogP contribution in [0.3, 0.4) is 0 Å². The van der Waals surface area contributed by atoms with Gasteiger partial charge in [-0.15, -0.1) is 0 Å². The molecule has 1 N–H and O–H groups in total. The standard InChI is InChI=1S/C17H24N2O5/c1-3-23-17(21)19-10-8-13(9-11-19)18-16(20)12-24-15-7-5-4-6-14(15)22-2/h4-7,13H,3,8-12H2,1-2H3,(H,18,20). The van der Waals surface area contributed by atoms with E-state index in [0.717, 1.165) is 0 Å². The third-order valence-electron chi connectivity index (χ3n) is 3.81. The monoisotopic (exact) mass is 336 g/mol. The van der Waals surface area contributed by atoms with Crippen LogP contribution in [-0.4, -0.2) is 56.4 Å². The highest BCUT2D eigenvalue weighted by atomic mass is 16.6. The highest BCUT2D eigenvalue weighted by Gasteiger charge is 2.24. The number of ether oxygens (including phenoxy) is 3. The molecule has 0 unspecified atom stereocenters. The molecule has 2 amide bonds. The summed E-state index contributed by atoms with van der Waals surface area (Å²) in [7, 11) is 1.56. The first-order valence-corrected chi connectivity index (χ1v) is 8.11. The number of nitrogens with one attached hydrogen (secondary N) is 1. The topological polar surface area (TPSA) is 77.1 Å². The minimum Gasteiger partial charge on any atom is -0.493 e. The Balaban J connectivity index is 1.73. The lowest BCUT2D eigenvalue weighted by Gasteiger charge is -2.31. The number of para-hydroxylation sites is 2. The van der Waals surface area contributed by atoms with Gasteiger partial charge in [0.15, 0.2) is 18.1 Å². The SMILES string of the molecule is CCOC(=O)N1CCC(NC(=O)COc2ccccc2OC)CC1. The number of carbonyl (C=O) groups is 2. The van der Waals surface area contributed by atoms with E-state index in [2.05, 4.69) is 5.32 Å². The van der Waals surface area contributed by atoms with E-state index in [0.29, 0.717) is 44.0 Å². The predicted octanol–water partition coefficient (Wildman–Crippen LogP) is 1.81. The van der Waals surface area contributed by atoms with Crippen LogP contribution in [0.1, 0.15) is 19.8 Å². The Bertz CT molecular complexity index is 556. The minimum absolute atomic E-state index is 0.0458. The Morgan fingerprint density at radius 3 is 2.50 bits per heavy atom. The van der Waals surface area contributed by atoms with Gasteiger partial charge in [0.2, 0.25) is 0 Å². The smallest absolute Gasteiger partial charge is 0.409 e. The van der Waals surface area contributed by atoms with Crippen molar-refractivity contribution in [2.75, 3.05) is 33.4 Å². The third-order valence-corrected chi connectivity index (χ3v) is 3.81. The second-order valence-corrected chi connectivity index (χ2v) is 5.47. The van der Waals surface area contributed by atoms with E-state index in [4.69, 9.17) is 14.2 Å². The maximum absolute atomic E-state index is 12.0. The van der Waals surface area contributed by atoms with E-state index >= 15 is 0 Å². The van der Waals surface area contributed by atoms with Gasteiger partial charge in [0, 0.05) is 19.1 Å². The van der Waals surface area contributed by atoms with Crippen LogP contribution in [0.2, 0.25) is 0 Å². The molecule has 0 aliphatic carbocycles. The number of rotatable bonds is 6. The molecule has 7 nitrogen and oxygen atoms in total. The van der Waals surface area contributed by atoms with Gasteiger partial charge in [0.05, 0.1) is 13.7 Å². The number of methoxy groups -OCH3 is 1. The summed E-state index contributed by atoms with van der Waals surface area (Å²) >= 11 is 0. The average molecular weight is 336 g/mol. The van der Waals surface area contributed by atoms with Crippen molar-refractivity contribution in [1.29, 1.82) is 0 Å². The van der Waals surface area contributed by atoms with Gasteiger partial charge in [-0.2, -0.15) is 0 Å². The van der Waals surface area contributed by atoms with Crippen molar-refractivity contribution in [3.8, 4) is 11.5 Å². The molecule has 24 heavy (non-hydrogen) atoms. The van der Waals surface area contributed by atoms with Gasteiger partial charge in [-0.1, -0.05) is 12.1 Å². The van der Waals surface area contributed by atoms with Crippen molar-refractivity contribution in [3.05, 3.63) is 24.3 Å². The quantitative estimate of drug-likeness (QED) is 0.857. The largest absolute Gasteiger partial charge is 0.493 e. The summed E-state index contributed by atoms with van der Waals surface area (Å²) in [6.45, 7) is 3.25. The van der Waals surface area contributed by atoms with Crippen LogP contribution < -0.4 is 14.8 Å². The van der Waals surface area contributed by atoms with Crippen LogP contribution in [0.4, 0.5) is 4.79 Å². The first-order valence-electron chi connectivity index (χ1n) is 8.11. The van der Waals surface area contributed by atoms with Crippen LogP contribution in [0.5, 0.6) is 11.5 Å². The maximum Gasteiger partial charge on any atom is 0.409 e. The molecule has 0 atom stereocenters. The maximum atomic E-state index is 12.0. The molecular weight excluding hydrogens is 312 g/mol. The molecule has 1 saturated heterocycles. The Morgan fingerprint density at radius 2 is 1.88 bits per heavy atom. The lowest BCUT2D eigenvalue weighted by Crippen LogP contribution is -2.47. The Labute approximate surface area is 141 Å². The number of hydrogen-bond acceptors (Lipinski definition) is 5. The van der Waals surface area contributed by atoms with E-state index in [1.165, 1.54) is 0 Å². The Hall–Kier alpha value is -2.44. The van der Waals surface area contributed by atoms with Crippen LogP contribution in [0, 0.1) is 0 Å². The molecule has 0 radical (unpaired) electrons. The number of likely N-dealkylation sites (tertiary alicyclic amines) is 1. The number of benzene rings is 1. The highest BCUT2D eigenvalue weighted by Crippen LogP contribution is 2.25. The van der Waals surface area contributed by atoms with E-state index in [9.17, 15) is 9.59 Å². The second-order valence-electron chi connectivity index (χ2n) is 5.47. The molecule has 2 rings (SSSR count). The molecule has 0 saturated carbocycles. The van der Waals surface area contributed by atoms with E-state index in [-0.39, 0.29) is 24.6 Å². The Morgan fingerprint density at radius 1 is 1.21 bits per heavy atom. The van der Waals surface area contributed by atoms with Crippen molar-refractivity contribution in [2.45, 2.75) is 25.8 Å². The lowest BCUT2D eigenvalue weighted by molar-refractivity contribution is -0.124. The molecule has 1 fully saturated rings. The average Bonchev–Trinajstić information content (AvgIpc) is 2.61. The third kappa shape index (κ3) is 5.04. The summed E-state index contributed by atoms with van der Waals surface area (Å²) in [5, 5.41) is 2.93. The van der Waals surface area contributed by atoms with Crippen LogP contribution >= 0.6 is 0 Å². The zero-order valence-electron chi connectivity index (χ0n) is 14.1. The summed E-state index contributed by atoms with van der Waals surface area (Å²) in [6.07, 6.45) is 1.13. The molecule has 1 aliphatic heterocycles. The molecule has 1 aromatic carbocycles. The van der Waals surface area contributed by atoms with Gasteiger partial charge in [-0.05, 0) is 31.9 Å². The summed E-state index contributed by atoms with van der Waals surface area (Å²) in [5.41, 5.74) is 0. The number of amides is 2. The fraction of sp³-hybridized carbons (Fsp3) is 0.529. The molecule has 0 spiro atoms. The fourth-order valence-corrected chi connectivity index (χ4v) is 2.57. The number of piperidine rings is 1. The second kappa shape index (κ2) is 9.00. The number of nitrogens with zero attached hydrogens (tertiary/aromatic N) is 1. The normalized spacial score (nSPS) is 14.8. The number of carbonyl (C=O) groups excluding carboxylic acids is 2. The molecule has 0 aromatic heterocycles. The van der Waals surface area contributed by atoms with Crippen LogP contribution in [-0.2, 0) is 9.53 Å². The van der Waals surface area contributed by atoms with Crippen molar-refractivity contribution in [2.24, 2.45) is 0 Å². The lowest BCUT2D eigenvalue weighted by atomic mass is 10.1. The molecule has 1 aliphatic rings. The summed E-state index contributed by atoms with van der Waals surface area (Å²) < 4.78 is 15.7. The molecule has 0 bridgehead atoms. The van der Waals surface area contributed by atoms with Crippen LogP contribution in [0.25, 0.3) is 0 Å². The highest BCUT2D eigenvalue weighted by molar-refractivity contribution is 5.78. The van der Waals surface area contributed by atoms with E-state index in [1.807, 2.05) is 12.1 Å². The van der Waals surface area contributed by atoms with Gasteiger partial charge >= 0.3 is 6.09 Å². The van der Waals surface area contributed by atoms with Crippen molar-refractivity contribution in [3.63, 3.8) is 0 Å². The summed E-state index contributed by atoms with van der Waals surface area (Å²) in [4.78, 5) is 25.3. The summed E-state index contributed by atoms with van der Waals surface area (Å²) in [6, 6.07) is 7.23. The molecule has 1 heterocycles. The van der Waals surface area contributed by atoms with E-state index in [1.54, 1.807) is 31.1 Å². The molecular formula is C17H24N2O5. The summed E-state index contributed by atoms with van der Waals surface area (Å²) in [5.74, 6) is 0.941. The van der Waals surface area contributed by atoms with Gasteiger partial charge in [-0.3, -0.25) is 4.79 Å². The molecule has 132 valence electrons. The first kappa shape index (κ1) is 17.9. The van der Waals surface area contributed by atoms with Crippen molar-refractivity contribution >= 4 is 12.0 Å². The first-order chi connectivity index (χ1) is 11.6. The van der Waals surface area contributed by atoms with Gasteiger partial charge in [0.1, 0.15) is 0 Å². The minimum atomic E-state index is -0.290. The Kier molecular flexibility index (Phi) is 6.72. The zero-order valence-corrected chi connectivity index (χ0v) is 14.1. The van der Waals surface area contributed by atoms with Gasteiger partial charge in [-0.25, -0.2) is 4.79 Å². The van der Waals surface area contributed by atoms with Gasteiger partial charge in [0.25, 0.3) is 5.91 Å².